The summed E-state index contributed by atoms with van der Waals surface area (Å²) in [6, 6.07) is 0. The SMILES string of the molecule is CCCN(CCC)Cc1nc2c(c(=O)[nH]c(=O)n2C)n1CC(=O)OCC. The molecule has 0 atom stereocenters. The van der Waals surface area contributed by atoms with E-state index in [4.69, 9.17) is 4.74 Å². The highest BCUT2D eigenvalue weighted by Gasteiger charge is 2.21. The number of ether oxygens (including phenoxy) is 1. The van der Waals surface area contributed by atoms with Crippen molar-refractivity contribution in [2.45, 2.75) is 46.7 Å². The number of hydrogen-bond acceptors (Lipinski definition) is 6. The number of carbonyl (C=O) groups excluding carboxylic acids is 1. The molecule has 0 unspecified atom stereocenters. The highest BCUT2D eigenvalue weighted by Crippen LogP contribution is 2.14. The molecule has 0 radical (unpaired) electrons. The zero-order chi connectivity index (χ0) is 19.3. The Hall–Kier alpha value is -2.42. The van der Waals surface area contributed by atoms with Crippen LogP contribution in [0.15, 0.2) is 9.59 Å². The van der Waals surface area contributed by atoms with Crippen molar-refractivity contribution < 1.29 is 9.53 Å². The van der Waals surface area contributed by atoms with Gasteiger partial charge in [-0.25, -0.2) is 9.78 Å². The fourth-order valence-corrected chi connectivity index (χ4v) is 3.01. The molecule has 26 heavy (non-hydrogen) atoms. The predicted molar refractivity (Wildman–Crippen MR) is 98.1 cm³/mol. The van der Waals surface area contributed by atoms with Gasteiger partial charge in [0.1, 0.15) is 12.4 Å². The Balaban J connectivity index is 2.57. The molecule has 9 heteroatoms. The van der Waals surface area contributed by atoms with Gasteiger partial charge in [0.25, 0.3) is 5.56 Å². The fraction of sp³-hybridized carbons (Fsp3) is 0.647. The summed E-state index contributed by atoms with van der Waals surface area (Å²) >= 11 is 0. The summed E-state index contributed by atoms with van der Waals surface area (Å²) in [6.07, 6.45) is 1.97. The Morgan fingerprint density at radius 3 is 2.42 bits per heavy atom. The van der Waals surface area contributed by atoms with Gasteiger partial charge in [-0.05, 0) is 32.9 Å². The van der Waals surface area contributed by atoms with Crippen LogP contribution in [-0.2, 0) is 29.7 Å². The Morgan fingerprint density at radius 1 is 1.19 bits per heavy atom. The molecular weight excluding hydrogens is 338 g/mol. The van der Waals surface area contributed by atoms with Gasteiger partial charge < -0.3 is 9.30 Å². The van der Waals surface area contributed by atoms with Crippen molar-refractivity contribution in [3.8, 4) is 0 Å². The van der Waals surface area contributed by atoms with Crippen molar-refractivity contribution in [1.82, 2.24) is 24.0 Å². The first-order valence-electron chi connectivity index (χ1n) is 8.99. The summed E-state index contributed by atoms with van der Waals surface area (Å²) in [5, 5.41) is 0. The van der Waals surface area contributed by atoms with E-state index < -0.39 is 17.2 Å². The maximum Gasteiger partial charge on any atom is 0.329 e. The summed E-state index contributed by atoms with van der Waals surface area (Å²) in [6.45, 7) is 8.31. The van der Waals surface area contributed by atoms with Crippen LogP contribution in [0.25, 0.3) is 11.2 Å². The van der Waals surface area contributed by atoms with Crippen LogP contribution in [0.1, 0.15) is 39.4 Å². The number of nitrogens with zero attached hydrogens (tertiary/aromatic N) is 4. The maximum absolute atomic E-state index is 12.4. The van der Waals surface area contributed by atoms with E-state index in [2.05, 4.69) is 28.7 Å². The number of esters is 1. The van der Waals surface area contributed by atoms with Gasteiger partial charge in [-0.1, -0.05) is 13.8 Å². The van der Waals surface area contributed by atoms with Crippen LogP contribution in [0.5, 0.6) is 0 Å². The van der Waals surface area contributed by atoms with Crippen LogP contribution in [0.2, 0.25) is 0 Å². The molecule has 0 aliphatic heterocycles. The summed E-state index contributed by atoms with van der Waals surface area (Å²) in [7, 11) is 1.54. The Labute approximate surface area is 151 Å². The molecule has 9 nitrogen and oxygen atoms in total. The lowest BCUT2D eigenvalue weighted by Crippen LogP contribution is -2.30. The van der Waals surface area contributed by atoms with Crippen LogP contribution in [0, 0.1) is 0 Å². The molecule has 0 saturated heterocycles. The molecule has 2 heterocycles. The Morgan fingerprint density at radius 2 is 1.85 bits per heavy atom. The normalized spacial score (nSPS) is 11.4. The van der Waals surface area contributed by atoms with Gasteiger partial charge in [-0.15, -0.1) is 0 Å². The van der Waals surface area contributed by atoms with Gasteiger partial charge in [-0.3, -0.25) is 24.0 Å². The third-order valence-corrected chi connectivity index (χ3v) is 4.12. The molecule has 0 aromatic carbocycles. The third-order valence-electron chi connectivity index (χ3n) is 4.12. The molecule has 0 aliphatic carbocycles. The zero-order valence-corrected chi connectivity index (χ0v) is 15.9. The molecule has 144 valence electrons. The van der Waals surface area contributed by atoms with E-state index in [1.165, 1.54) is 4.57 Å². The topological polar surface area (TPSA) is 102 Å². The quantitative estimate of drug-likeness (QED) is 0.653. The van der Waals surface area contributed by atoms with Crippen molar-refractivity contribution in [3.05, 3.63) is 26.7 Å². The van der Waals surface area contributed by atoms with Gasteiger partial charge in [0, 0.05) is 7.05 Å². The molecule has 0 aliphatic rings. The van der Waals surface area contributed by atoms with E-state index in [9.17, 15) is 14.4 Å². The number of carbonyl (C=O) groups is 1. The van der Waals surface area contributed by atoms with E-state index in [1.807, 2.05) is 0 Å². The molecule has 0 fully saturated rings. The third kappa shape index (κ3) is 4.21. The molecule has 1 N–H and O–H groups in total. The molecule has 0 spiro atoms. The van der Waals surface area contributed by atoms with Crippen molar-refractivity contribution in [3.63, 3.8) is 0 Å². The first-order chi connectivity index (χ1) is 12.4. The number of fused-ring (bicyclic) bond motifs is 1. The number of rotatable bonds is 9. The van der Waals surface area contributed by atoms with E-state index in [0.29, 0.717) is 12.4 Å². The van der Waals surface area contributed by atoms with Gasteiger partial charge in [0.15, 0.2) is 11.2 Å². The minimum Gasteiger partial charge on any atom is -0.465 e. The smallest absolute Gasteiger partial charge is 0.329 e. The molecule has 0 amide bonds. The molecule has 2 rings (SSSR count). The van der Waals surface area contributed by atoms with Crippen LogP contribution >= 0.6 is 0 Å². The number of aryl methyl sites for hydroxylation is 1. The molecule has 2 aromatic rings. The largest absolute Gasteiger partial charge is 0.465 e. The second-order valence-electron chi connectivity index (χ2n) is 6.19. The van der Waals surface area contributed by atoms with E-state index in [1.54, 1.807) is 18.5 Å². The Kier molecular flexibility index (Phi) is 6.73. The number of imidazole rings is 1. The van der Waals surface area contributed by atoms with Crippen molar-refractivity contribution in [1.29, 1.82) is 0 Å². The first-order valence-corrected chi connectivity index (χ1v) is 8.99. The van der Waals surface area contributed by atoms with Gasteiger partial charge in [0.2, 0.25) is 0 Å². The molecule has 0 bridgehead atoms. The maximum atomic E-state index is 12.4. The number of aromatic amines is 1. The van der Waals surface area contributed by atoms with Crippen LogP contribution < -0.4 is 11.2 Å². The van der Waals surface area contributed by atoms with Gasteiger partial charge in [0.05, 0.1) is 13.2 Å². The van der Waals surface area contributed by atoms with E-state index in [-0.39, 0.29) is 24.3 Å². The summed E-state index contributed by atoms with van der Waals surface area (Å²) in [5.74, 6) is 0.125. The van der Waals surface area contributed by atoms with E-state index >= 15 is 0 Å². The average Bonchev–Trinajstić information content (AvgIpc) is 2.92. The van der Waals surface area contributed by atoms with Crippen molar-refractivity contribution in [2.75, 3.05) is 19.7 Å². The van der Waals surface area contributed by atoms with Crippen LogP contribution in [-0.4, -0.2) is 49.7 Å². The highest BCUT2D eigenvalue weighted by molar-refractivity contribution is 5.75. The lowest BCUT2D eigenvalue weighted by molar-refractivity contribution is -0.143. The van der Waals surface area contributed by atoms with Crippen molar-refractivity contribution in [2.24, 2.45) is 7.05 Å². The lowest BCUT2D eigenvalue weighted by Gasteiger charge is -2.20. The second-order valence-corrected chi connectivity index (χ2v) is 6.19. The highest BCUT2D eigenvalue weighted by atomic mass is 16.5. The summed E-state index contributed by atoms with van der Waals surface area (Å²) in [4.78, 5) is 45.3. The van der Waals surface area contributed by atoms with Crippen LogP contribution in [0.4, 0.5) is 0 Å². The number of nitrogens with one attached hydrogen (secondary N) is 1. The minimum absolute atomic E-state index is 0.118. The molecular formula is C17H27N5O4. The Bertz CT molecular complexity index is 874. The summed E-state index contributed by atoms with van der Waals surface area (Å²) in [5.41, 5.74) is -0.605. The number of aromatic nitrogens is 4. The summed E-state index contributed by atoms with van der Waals surface area (Å²) < 4.78 is 7.87. The van der Waals surface area contributed by atoms with Gasteiger partial charge >= 0.3 is 11.7 Å². The van der Waals surface area contributed by atoms with Crippen LogP contribution in [0.3, 0.4) is 0 Å². The van der Waals surface area contributed by atoms with Gasteiger partial charge in [-0.2, -0.15) is 0 Å². The molecule has 2 aromatic heterocycles. The van der Waals surface area contributed by atoms with Crippen molar-refractivity contribution >= 4 is 17.1 Å². The first kappa shape index (κ1) is 19.9. The molecule has 0 saturated carbocycles. The monoisotopic (exact) mass is 365 g/mol. The van der Waals surface area contributed by atoms with E-state index in [0.717, 1.165) is 25.9 Å². The standard InChI is InChI=1S/C17H27N5O4/c1-5-8-21(9-6-2)10-12-18-15-14(16(24)19-17(25)20(15)4)22(12)11-13(23)26-7-3/h5-11H2,1-4H3,(H,19,24,25). The average molecular weight is 365 g/mol. The lowest BCUT2D eigenvalue weighted by atomic mass is 10.3. The number of H-pyrrole nitrogens is 1. The minimum atomic E-state index is -0.552. The fourth-order valence-electron chi connectivity index (χ4n) is 3.01. The number of hydrogen-bond donors (Lipinski definition) is 1. The zero-order valence-electron chi connectivity index (χ0n) is 15.9. The second kappa shape index (κ2) is 8.79. The predicted octanol–water partition coefficient (Wildman–Crippen LogP) is 0.608.